The number of ether oxygens (including phenoxy) is 1. The molecule has 0 unspecified atom stereocenters. The molecule has 1 aromatic rings. The molecule has 6 heteroatoms. The molecular formula is C12H12F3NO2. The van der Waals surface area contributed by atoms with E-state index >= 15 is 0 Å². The van der Waals surface area contributed by atoms with Crippen LogP contribution in [0.3, 0.4) is 0 Å². The van der Waals surface area contributed by atoms with Gasteiger partial charge in [-0.3, -0.25) is 4.79 Å². The molecule has 1 rings (SSSR count). The lowest BCUT2D eigenvalue weighted by molar-refractivity contribution is -0.135. The van der Waals surface area contributed by atoms with Crippen LogP contribution in [0.5, 0.6) is 5.75 Å². The lowest BCUT2D eigenvalue weighted by Gasteiger charge is -2.05. The van der Waals surface area contributed by atoms with E-state index in [9.17, 15) is 18.0 Å². The van der Waals surface area contributed by atoms with E-state index in [-0.39, 0.29) is 0 Å². The number of alkyl halides is 3. The number of benzene rings is 1. The second-order valence-electron chi connectivity index (χ2n) is 3.44. The molecule has 1 aromatic carbocycles. The molecule has 0 fully saturated rings. The van der Waals surface area contributed by atoms with Crippen LogP contribution in [0.4, 0.5) is 13.2 Å². The second-order valence-corrected chi connectivity index (χ2v) is 3.44. The first-order chi connectivity index (χ1) is 8.40. The molecule has 0 heterocycles. The third kappa shape index (κ3) is 5.38. The van der Waals surface area contributed by atoms with E-state index in [1.54, 1.807) is 29.6 Å². The van der Waals surface area contributed by atoms with Crippen LogP contribution in [-0.2, 0) is 4.79 Å². The maximum atomic E-state index is 11.8. The fraction of sp³-hybridized carbons (Fsp3) is 0.250. The first-order valence-corrected chi connectivity index (χ1v) is 5.07. The zero-order valence-corrected chi connectivity index (χ0v) is 9.62. The lowest BCUT2D eigenvalue weighted by Crippen LogP contribution is -2.32. The summed E-state index contributed by atoms with van der Waals surface area (Å²) in [5.74, 6) is -0.128. The van der Waals surface area contributed by atoms with Crippen molar-refractivity contribution < 1.29 is 22.7 Å². The summed E-state index contributed by atoms with van der Waals surface area (Å²) in [6.45, 7) is -1.33. The van der Waals surface area contributed by atoms with Crippen molar-refractivity contribution in [2.45, 2.75) is 6.18 Å². The lowest BCUT2D eigenvalue weighted by atomic mass is 10.2. The Labute approximate surface area is 102 Å². The van der Waals surface area contributed by atoms with Gasteiger partial charge in [-0.05, 0) is 23.8 Å². The first-order valence-electron chi connectivity index (χ1n) is 5.07. The summed E-state index contributed by atoms with van der Waals surface area (Å²) in [6.07, 6.45) is -1.93. The summed E-state index contributed by atoms with van der Waals surface area (Å²) < 4.78 is 40.4. The van der Waals surface area contributed by atoms with E-state index in [1.807, 2.05) is 0 Å². The highest BCUT2D eigenvalue weighted by Crippen LogP contribution is 2.13. The number of hydrogen-bond acceptors (Lipinski definition) is 2. The maximum absolute atomic E-state index is 11.8. The summed E-state index contributed by atoms with van der Waals surface area (Å²) in [5, 5.41) is 1.74. The highest BCUT2D eigenvalue weighted by molar-refractivity contribution is 5.91. The predicted molar refractivity (Wildman–Crippen MR) is 61.1 cm³/mol. The summed E-state index contributed by atoms with van der Waals surface area (Å²) in [6, 6.07) is 6.75. The molecule has 0 saturated heterocycles. The van der Waals surface area contributed by atoms with Gasteiger partial charge in [-0.1, -0.05) is 12.1 Å². The van der Waals surface area contributed by atoms with Gasteiger partial charge in [0, 0.05) is 6.08 Å². The van der Waals surface area contributed by atoms with Crippen molar-refractivity contribution in [1.82, 2.24) is 5.32 Å². The van der Waals surface area contributed by atoms with Crippen LogP contribution in [0.1, 0.15) is 5.56 Å². The van der Waals surface area contributed by atoms with E-state index in [4.69, 9.17) is 4.74 Å². The van der Waals surface area contributed by atoms with E-state index in [0.717, 1.165) is 6.08 Å². The van der Waals surface area contributed by atoms with Crippen LogP contribution in [0, 0.1) is 0 Å². The smallest absolute Gasteiger partial charge is 0.405 e. The van der Waals surface area contributed by atoms with Crippen LogP contribution in [0.15, 0.2) is 30.3 Å². The number of rotatable bonds is 4. The van der Waals surface area contributed by atoms with Crippen LogP contribution in [-0.4, -0.2) is 25.7 Å². The van der Waals surface area contributed by atoms with Gasteiger partial charge in [0.2, 0.25) is 5.91 Å². The first kappa shape index (κ1) is 14.1. The average Bonchev–Trinajstić information content (AvgIpc) is 2.33. The average molecular weight is 259 g/mol. The van der Waals surface area contributed by atoms with Gasteiger partial charge in [0.1, 0.15) is 12.3 Å². The summed E-state index contributed by atoms with van der Waals surface area (Å²) >= 11 is 0. The zero-order valence-electron chi connectivity index (χ0n) is 9.62. The highest BCUT2D eigenvalue weighted by atomic mass is 19.4. The molecule has 0 radical (unpaired) electrons. The number of amides is 1. The Hall–Kier alpha value is -1.98. The minimum absolute atomic E-state index is 0.661. The van der Waals surface area contributed by atoms with Crippen molar-refractivity contribution in [3.05, 3.63) is 35.9 Å². The van der Waals surface area contributed by atoms with Crippen molar-refractivity contribution in [2.24, 2.45) is 0 Å². The number of hydrogen-bond donors (Lipinski definition) is 1. The Morgan fingerprint density at radius 3 is 2.44 bits per heavy atom. The van der Waals surface area contributed by atoms with Gasteiger partial charge in [-0.2, -0.15) is 13.2 Å². The molecule has 0 aromatic heterocycles. The maximum Gasteiger partial charge on any atom is 0.405 e. The second kappa shape index (κ2) is 6.09. The fourth-order valence-electron chi connectivity index (χ4n) is 1.13. The Morgan fingerprint density at radius 1 is 1.33 bits per heavy atom. The largest absolute Gasteiger partial charge is 0.497 e. The van der Waals surface area contributed by atoms with Gasteiger partial charge in [-0.15, -0.1) is 0 Å². The van der Waals surface area contributed by atoms with Gasteiger partial charge < -0.3 is 10.1 Å². The molecule has 3 nitrogen and oxygen atoms in total. The van der Waals surface area contributed by atoms with Crippen molar-refractivity contribution in [3.63, 3.8) is 0 Å². The molecule has 18 heavy (non-hydrogen) atoms. The monoisotopic (exact) mass is 259 g/mol. The number of halogens is 3. The van der Waals surface area contributed by atoms with Crippen LogP contribution < -0.4 is 10.1 Å². The molecular weight excluding hydrogens is 247 g/mol. The van der Waals surface area contributed by atoms with Gasteiger partial charge >= 0.3 is 6.18 Å². The summed E-state index contributed by atoms with van der Waals surface area (Å²) in [5.41, 5.74) is 0.693. The summed E-state index contributed by atoms with van der Waals surface area (Å²) in [4.78, 5) is 11.1. The van der Waals surface area contributed by atoms with E-state index in [0.29, 0.717) is 11.3 Å². The number of carbonyl (C=O) groups excluding carboxylic acids is 1. The number of nitrogens with one attached hydrogen (secondary N) is 1. The topological polar surface area (TPSA) is 38.3 Å². The van der Waals surface area contributed by atoms with Crippen molar-refractivity contribution in [3.8, 4) is 5.75 Å². The van der Waals surface area contributed by atoms with E-state index in [2.05, 4.69) is 0 Å². The molecule has 1 N–H and O–H groups in total. The van der Waals surface area contributed by atoms with Gasteiger partial charge in [0.05, 0.1) is 7.11 Å². The molecule has 98 valence electrons. The molecule has 0 aliphatic heterocycles. The zero-order chi connectivity index (χ0) is 13.6. The molecule has 0 aliphatic rings. The highest BCUT2D eigenvalue weighted by Gasteiger charge is 2.27. The SMILES string of the molecule is COc1ccc(C=CC(=O)NCC(F)(F)F)cc1. The summed E-state index contributed by atoms with van der Waals surface area (Å²) in [7, 11) is 1.52. The van der Waals surface area contributed by atoms with Crippen molar-refractivity contribution in [1.29, 1.82) is 0 Å². The quantitative estimate of drug-likeness (QED) is 0.843. The Balaban J connectivity index is 2.50. The van der Waals surface area contributed by atoms with Gasteiger partial charge in [0.25, 0.3) is 0 Å². The predicted octanol–water partition coefficient (Wildman–Crippen LogP) is 2.39. The molecule has 0 spiro atoms. The van der Waals surface area contributed by atoms with Crippen LogP contribution in [0.2, 0.25) is 0 Å². The van der Waals surface area contributed by atoms with E-state index < -0.39 is 18.6 Å². The number of carbonyl (C=O) groups is 1. The fourth-order valence-corrected chi connectivity index (χ4v) is 1.13. The molecule has 1 amide bonds. The van der Waals surface area contributed by atoms with Crippen molar-refractivity contribution >= 4 is 12.0 Å². The normalized spacial score (nSPS) is 11.6. The standard InChI is InChI=1S/C12H12F3NO2/c1-18-10-5-2-9(3-6-10)4-7-11(17)16-8-12(13,14)15/h2-7H,8H2,1H3,(H,16,17). The van der Waals surface area contributed by atoms with Gasteiger partial charge in [-0.25, -0.2) is 0 Å². The molecule has 0 atom stereocenters. The van der Waals surface area contributed by atoms with E-state index in [1.165, 1.54) is 13.2 Å². The Kier molecular flexibility index (Phi) is 4.76. The number of methoxy groups -OCH3 is 1. The van der Waals surface area contributed by atoms with Crippen molar-refractivity contribution in [2.75, 3.05) is 13.7 Å². The molecule has 0 saturated carbocycles. The molecule has 0 aliphatic carbocycles. The van der Waals surface area contributed by atoms with Crippen LogP contribution in [0.25, 0.3) is 6.08 Å². The van der Waals surface area contributed by atoms with Gasteiger partial charge in [0.15, 0.2) is 0 Å². The minimum atomic E-state index is -4.40. The third-order valence-electron chi connectivity index (χ3n) is 2.01. The Bertz CT molecular complexity index is 424. The third-order valence-corrected chi connectivity index (χ3v) is 2.01. The minimum Gasteiger partial charge on any atom is -0.497 e. The Morgan fingerprint density at radius 2 is 1.94 bits per heavy atom. The van der Waals surface area contributed by atoms with Crippen LogP contribution >= 0.6 is 0 Å². The molecule has 0 bridgehead atoms.